The molecule has 0 aliphatic heterocycles. The number of ether oxygens (including phenoxy) is 2. The van der Waals surface area contributed by atoms with E-state index in [1.807, 2.05) is 0 Å². The molecule has 1 aliphatic rings. The van der Waals surface area contributed by atoms with Gasteiger partial charge in [-0.3, -0.25) is 25.6 Å². The molecule has 0 radical (unpaired) electrons. The number of carbonyl (C=O) groups excluding carboxylic acids is 1. The molecule has 11 nitrogen and oxygen atoms in total. The second-order valence-electron chi connectivity index (χ2n) is 5.25. The molecule has 0 aromatic heterocycles. The van der Waals surface area contributed by atoms with Gasteiger partial charge in [-0.05, 0) is 31.6 Å². The Morgan fingerprint density at radius 1 is 1.22 bits per heavy atom. The van der Waals surface area contributed by atoms with Gasteiger partial charge in [0, 0.05) is 13.7 Å². The summed E-state index contributed by atoms with van der Waals surface area (Å²) in [6, 6.07) is 0. The Morgan fingerprint density at radius 3 is 2.57 bits per heavy atom. The Bertz CT molecular complexity index is 342. The largest absolute Gasteiger partial charge is 0.465 e. The van der Waals surface area contributed by atoms with Crippen molar-refractivity contribution in [1.82, 2.24) is 10.8 Å². The predicted molar refractivity (Wildman–Crippen MR) is 69.9 cm³/mol. The zero-order valence-electron chi connectivity index (χ0n) is 12.9. The highest BCUT2D eigenvalue weighted by molar-refractivity contribution is 5.75. The lowest BCUT2D eigenvalue weighted by Gasteiger charge is -2.18. The summed E-state index contributed by atoms with van der Waals surface area (Å²) in [7, 11) is 1.59. The minimum Gasteiger partial charge on any atom is -0.465 e. The maximum absolute atomic E-state index is 11.7. The van der Waals surface area contributed by atoms with Crippen LogP contribution in [0.2, 0.25) is 0 Å². The summed E-state index contributed by atoms with van der Waals surface area (Å²) in [4.78, 5) is 20.6. The van der Waals surface area contributed by atoms with E-state index in [2.05, 4.69) is 9.68 Å². The SMILES string of the molecule is COC[C@@H]1C[C@H]1C(=O)OCCCC[C@H](CON(O)O)ON(O)O. The number of hydrogen-bond donors (Lipinski definition) is 4. The normalized spacial score (nSPS) is 21.7. The van der Waals surface area contributed by atoms with E-state index in [9.17, 15) is 4.79 Å². The zero-order valence-corrected chi connectivity index (χ0v) is 12.9. The van der Waals surface area contributed by atoms with Crippen molar-refractivity contribution in [3.05, 3.63) is 0 Å². The molecule has 1 aliphatic carbocycles. The average Bonchev–Trinajstić information content (AvgIpc) is 3.23. The molecule has 3 atom stereocenters. The van der Waals surface area contributed by atoms with Crippen molar-refractivity contribution in [2.45, 2.75) is 31.8 Å². The summed E-state index contributed by atoms with van der Waals surface area (Å²) < 4.78 is 10.1. The van der Waals surface area contributed by atoms with Crippen molar-refractivity contribution < 1.29 is 44.8 Å². The molecule has 1 saturated carbocycles. The monoisotopic (exact) mass is 340 g/mol. The van der Waals surface area contributed by atoms with Crippen molar-refractivity contribution in [3.63, 3.8) is 0 Å². The van der Waals surface area contributed by atoms with E-state index in [-0.39, 0.29) is 31.0 Å². The first-order chi connectivity index (χ1) is 10.9. The van der Waals surface area contributed by atoms with Gasteiger partial charge < -0.3 is 9.47 Å². The minimum atomic E-state index is -0.822. The summed E-state index contributed by atoms with van der Waals surface area (Å²) in [5.41, 5.74) is 0. The van der Waals surface area contributed by atoms with Crippen LogP contribution in [-0.2, 0) is 23.9 Å². The molecule has 11 heteroatoms. The van der Waals surface area contributed by atoms with Crippen LogP contribution in [0.5, 0.6) is 0 Å². The fourth-order valence-electron chi connectivity index (χ4n) is 2.14. The first kappa shape index (κ1) is 20.2. The Hall–Kier alpha value is -0.890. The summed E-state index contributed by atoms with van der Waals surface area (Å²) in [5, 5.41) is 33.1. The summed E-state index contributed by atoms with van der Waals surface area (Å²) in [6.07, 6.45) is 1.38. The van der Waals surface area contributed by atoms with Gasteiger partial charge in [0.25, 0.3) is 0 Å². The van der Waals surface area contributed by atoms with Gasteiger partial charge in [-0.2, -0.15) is 0 Å². The van der Waals surface area contributed by atoms with Crippen molar-refractivity contribution in [3.8, 4) is 0 Å². The Morgan fingerprint density at radius 2 is 1.96 bits per heavy atom. The van der Waals surface area contributed by atoms with E-state index in [4.69, 9.17) is 30.3 Å². The van der Waals surface area contributed by atoms with Crippen LogP contribution in [0.4, 0.5) is 0 Å². The second kappa shape index (κ2) is 10.8. The van der Waals surface area contributed by atoms with Gasteiger partial charge in [-0.25, -0.2) is 9.68 Å². The molecule has 0 spiro atoms. The number of rotatable bonds is 13. The lowest BCUT2D eigenvalue weighted by molar-refractivity contribution is -0.527. The second-order valence-corrected chi connectivity index (χ2v) is 5.25. The van der Waals surface area contributed by atoms with Crippen LogP contribution < -0.4 is 0 Å². The maximum atomic E-state index is 11.7. The first-order valence-corrected chi connectivity index (χ1v) is 7.25. The molecule has 0 amide bonds. The molecule has 136 valence electrons. The molecule has 23 heavy (non-hydrogen) atoms. The molecule has 1 rings (SSSR count). The van der Waals surface area contributed by atoms with E-state index in [1.54, 1.807) is 7.11 Å². The molecule has 0 aromatic rings. The number of methoxy groups -OCH3 is 1. The van der Waals surface area contributed by atoms with Crippen molar-refractivity contribution >= 4 is 5.97 Å². The number of esters is 1. The number of unbranched alkanes of at least 4 members (excludes halogenated alkanes) is 1. The van der Waals surface area contributed by atoms with E-state index in [0.29, 0.717) is 25.9 Å². The Balaban J connectivity index is 2.10. The predicted octanol–water partition coefficient (Wildman–Crippen LogP) is 0.375. The van der Waals surface area contributed by atoms with Crippen LogP contribution in [0.25, 0.3) is 0 Å². The van der Waals surface area contributed by atoms with E-state index < -0.39 is 16.9 Å². The number of carbonyl (C=O) groups is 1. The van der Waals surface area contributed by atoms with Gasteiger partial charge >= 0.3 is 5.97 Å². The highest BCUT2D eigenvalue weighted by atomic mass is 17.1. The van der Waals surface area contributed by atoms with Gasteiger partial charge in [-0.15, -0.1) is 0 Å². The van der Waals surface area contributed by atoms with Crippen LogP contribution in [0.1, 0.15) is 25.7 Å². The summed E-state index contributed by atoms with van der Waals surface area (Å²) in [6.45, 7) is 0.492. The first-order valence-electron chi connectivity index (χ1n) is 7.25. The highest BCUT2D eigenvalue weighted by Gasteiger charge is 2.44. The van der Waals surface area contributed by atoms with Crippen LogP contribution >= 0.6 is 0 Å². The molecule has 0 unspecified atom stereocenters. The quantitative estimate of drug-likeness (QED) is 0.210. The molecular weight excluding hydrogens is 316 g/mol. The Kier molecular flexibility index (Phi) is 9.47. The zero-order chi connectivity index (χ0) is 17.2. The van der Waals surface area contributed by atoms with Crippen molar-refractivity contribution in [2.24, 2.45) is 11.8 Å². The number of hydrogen-bond acceptors (Lipinski definition) is 11. The summed E-state index contributed by atoms with van der Waals surface area (Å²) in [5.74, 6) is -0.0458. The van der Waals surface area contributed by atoms with Gasteiger partial charge in [0.1, 0.15) is 12.7 Å². The van der Waals surface area contributed by atoms with Gasteiger partial charge in [0.15, 0.2) is 0 Å². The van der Waals surface area contributed by atoms with Gasteiger partial charge in [0.2, 0.25) is 0 Å². The standard InChI is InChI=1S/C12H24N2O9/c1-20-7-9-6-11(9)12(15)21-5-3-2-4-10(23-14(18)19)8-22-13(16)17/h9-11,16-19H,2-8H2,1H3/t9-,10+,11+/m0/s1. The average molecular weight is 340 g/mol. The van der Waals surface area contributed by atoms with Crippen molar-refractivity contribution in [2.75, 3.05) is 26.9 Å². The lowest BCUT2D eigenvalue weighted by Crippen LogP contribution is -2.31. The van der Waals surface area contributed by atoms with E-state index in [1.165, 1.54) is 0 Å². The van der Waals surface area contributed by atoms with Gasteiger partial charge in [0.05, 0.1) is 23.3 Å². The van der Waals surface area contributed by atoms with Crippen LogP contribution in [0, 0.1) is 11.8 Å². The molecule has 4 N–H and O–H groups in total. The molecule has 0 bridgehead atoms. The Labute approximate surface area is 133 Å². The van der Waals surface area contributed by atoms with Crippen LogP contribution in [0.15, 0.2) is 0 Å². The van der Waals surface area contributed by atoms with Crippen LogP contribution in [-0.4, -0.2) is 70.6 Å². The molecule has 0 heterocycles. The maximum Gasteiger partial charge on any atom is 0.309 e. The third-order valence-corrected chi connectivity index (χ3v) is 3.39. The molecule has 0 saturated heterocycles. The fourth-order valence-corrected chi connectivity index (χ4v) is 2.14. The molecule has 0 aromatic carbocycles. The number of nitrogens with zero attached hydrogens (tertiary/aromatic N) is 2. The topological polar surface area (TPSA) is 141 Å². The minimum absolute atomic E-state index is 0.0724. The van der Waals surface area contributed by atoms with Crippen LogP contribution in [0.3, 0.4) is 0 Å². The molecule has 1 fully saturated rings. The van der Waals surface area contributed by atoms with Gasteiger partial charge in [-0.1, -0.05) is 0 Å². The fraction of sp³-hybridized carbons (Fsp3) is 0.917. The summed E-state index contributed by atoms with van der Waals surface area (Å²) >= 11 is 0. The van der Waals surface area contributed by atoms with E-state index in [0.717, 1.165) is 6.42 Å². The van der Waals surface area contributed by atoms with Crippen molar-refractivity contribution in [1.29, 1.82) is 0 Å². The smallest absolute Gasteiger partial charge is 0.309 e. The van der Waals surface area contributed by atoms with E-state index >= 15 is 0 Å². The molecular formula is C12H24N2O9. The lowest BCUT2D eigenvalue weighted by atomic mass is 10.2. The highest BCUT2D eigenvalue weighted by Crippen LogP contribution is 2.39. The third-order valence-electron chi connectivity index (χ3n) is 3.39. The third kappa shape index (κ3) is 9.10.